The minimum atomic E-state index is -3.81. The van der Waals surface area contributed by atoms with Gasteiger partial charge in [0.2, 0.25) is 15.9 Å². The maximum Gasteiger partial charge on any atom is 0.244 e. The van der Waals surface area contributed by atoms with Gasteiger partial charge in [0.1, 0.15) is 10.0 Å². The molecule has 0 saturated heterocycles. The van der Waals surface area contributed by atoms with Crippen molar-refractivity contribution in [2.75, 3.05) is 20.6 Å². The average Bonchev–Trinajstić information content (AvgIpc) is 2.26. The summed E-state index contributed by atoms with van der Waals surface area (Å²) in [6.45, 7) is -0.319. The van der Waals surface area contributed by atoms with Crippen LogP contribution in [-0.4, -0.2) is 44.8 Å². The smallest absolute Gasteiger partial charge is 0.244 e. The number of likely N-dealkylation sites (N-methyl/N-ethyl adjacent to an activating group) is 1. The summed E-state index contributed by atoms with van der Waals surface area (Å²) in [4.78, 5) is 16.1. The molecule has 1 heterocycles. The van der Waals surface area contributed by atoms with Crippen LogP contribution in [0.15, 0.2) is 23.2 Å². The van der Waals surface area contributed by atoms with E-state index < -0.39 is 10.0 Å². The molecule has 0 unspecified atom stereocenters. The Hall–Kier alpha value is -1.18. The minimum absolute atomic E-state index is 0.127. The molecule has 0 saturated carbocycles. The predicted molar refractivity (Wildman–Crippen MR) is 63.1 cm³/mol. The molecule has 0 fully saturated rings. The predicted octanol–water partition coefficient (Wildman–Crippen LogP) is 0.102. The van der Waals surface area contributed by atoms with Crippen molar-refractivity contribution in [3.8, 4) is 0 Å². The van der Waals surface area contributed by atoms with Gasteiger partial charge in [-0.3, -0.25) is 4.79 Å². The normalized spacial score (nSPS) is 11.2. The molecule has 0 aliphatic carbocycles. The molecule has 0 aliphatic heterocycles. The maximum absolute atomic E-state index is 11.8. The van der Waals surface area contributed by atoms with Crippen LogP contribution in [0, 0.1) is 0 Å². The Morgan fingerprint density at radius 2 is 2.18 bits per heavy atom. The molecule has 0 spiro atoms. The Labute approximate surface area is 105 Å². The summed E-state index contributed by atoms with van der Waals surface area (Å²) in [7, 11) is -0.741. The van der Waals surface area contributed by atoms with Crippen LogP contribution >= 0.6 is 11.6 Å². The van der Waals surface area contributed by atoms with Gasteiger partial charge in [-0.05, 0) is 12.1 Å². The van der Waals surface area contributed by atoms with Crippen LogP contribution in [0.2, 0.25) is 5.15 Å². The van der Waals surface area contributed by atoms with Gasteiger partial charge in [0, 0.05) is 20.3 Å². The number of halogens is 1. The van der Waals surface area contributed by atoms with Crippen molar-refractivity contribution >= 4 is 27.5 Å². The molecule has 8 heteroatoms. The fourth-order valence-electron chi connectivity index (χ4n) is 0.964. The Kier molecular flexibility index (Phi) is 4.44. The third-order valence-corrected chi connectivity index (χ3v) is 3.77. The highest BCUT2D eigenvalue weighted by molar-refractivity contribution is 7.89. The molecule has 1 rings (SSSR count). The summed E-state index contributed by atoms with van der Waals surface area (Å²) in [5.74, 6) is -0.353. The van der Waals surface area contributed by atoms with Crippen LogP contribution in [0.4, 0.5) is 0 Å². The Morgan fingerprint density at radius 3 is 2.71 bits per heavy atom. The molecule has 17 heavy (non-hydrogen) atoms. The zero-order chi connectivity index (χ0) is 13.1. The quantitative estimate of drug-likeness (QED) is 0.792. The van der Waals surface area contributed by atoms with Crippen molar-refractivity contribution in [2.24, 2.45) is 0 Å². The lowest BCUT2D eigenvalue weighted by atomic mass is 10.5. The van der Waals surface area contributed by atoms with Crippen LogP contribution in [0.5, 0.6) is 0 Å². The second-order valence-corrected chi connectivity index (χ2v) is 5.50. The number of pyridine rings is 1. The Morgan fingerprint density at radius 1 is 1.53 bits per heavy atom. The molecule has 0 radical (unpaired) electrons. The molecular weight excluding hydrogens is 266 g/mol. The first-order valence-corrected chi connectivity index (χ1v) is 6.51. The Bertz CT molecular complexity index is 516. The number of carbonyl (C=O) groups excluding carboxylic acids is 1. The van der Waals surface area contributed by atoms with Crippen molar-refractivity contribution in [3.63, 3.8) is 0 Å². The van der Waals surface area contributed by atoms with Crippen molar-refractivity contribution in [1.82, 2.24) is 14.6 Å². The average molecular weight is 278 g/mol. The van der Waals surface area contributed by atoms with E-state index >= 15 is 0 Å². The standard InChI is InChI=1S/C9H12ClN3O3S/c1-13(2)8(14)6-12-17(15,16)7-4-3-5-11-9(7)10/h3-5,12H,6H2,1-2H3. The molecule has 6 nitrogen and oxygen atoms in total. The van der Waals surface area contributed by atoms with Gasteiger partial charge in [-0.1, -0.05) is 11.6 Å². The molecule has 0 aromatic carbocycles. The topological polar surface area (TPSA) is 79.4 Å². The van der Waals surface area contributed by atoms with Gasteiger partial charge < -0.3 is 4.90 Å². The van der Waals surface area contributed by atoms with E-state index in [1.165, 1.54) is 37.3 Å². The zero-order valence-corrected chi connectivity index (χ0v) is 10.9. The van der Waals surface area contributed by atoms with E-state index in [0.717, 1.165) is 0 Å². The monoisotopic (exact) mass is 277 g/mol. The first-order valence-electron chi connectivity index (χ1n) is 4.65. The molecule has 1 N–H and O–H groups in total. The minimum Gasteiger partial charge on any atom is -0.348 e. The second-order valence-electron chi connectivity index (χ2n) is 3.41. The number of rotatable bonds is 4. The van der Waals surface area contributed by atoms with E-state index in [-0.39, 0.29) is 22.5 Å². The number of amides is 1. The molecule has 1 aromatic heterocycles. The summed E-state index contributed by atoms with van der Waals surface area (Å²) >= 11 is 5.66. The highest BCUT2D eigenvalue weighted by Crippen LogP contribution is 2.17. The number of aromatic nitrogens is 1. The van der Waals surface area contributed by atoms with Crippen LogP contribution in [0.3, 0.4) is 0 Å². The van der Waals surface area contributed by atoms with E-state index in [2.05, 4.69) is 9.71 Å². The lowest BCUT2D eigenvalue weighted by molar-refractivity contribution is -0.127. The fourth-order valence-corrected chi connectivity index (χ4v) is 2.39. The van der Waals surface area contributed by atoms with Crippen molar-refractivity contribution in [3.05, 3.63) is 23.5 Å². The second kappa shape index (κ2) is 5.44. The molecular formula is C9H12ClN3O3S. The van der Waals surface area contributed by atoms with E-state index in [9.17, 15) is 13.2 Å². The van der Waals surface area contributed by atoms with Gasteiger partial charge >= 0.3 is 0 Å². The molecule has 1 aromatic rings. The number of hydrogen-bond acceptors (Lipinski definition) is 4. The summed E-state index contributed by atoms with van der Waals surface area (Å²) in [5, 5.41) is -0.127. The highest BCUT2D eigenvalue weighted by atomic mass is 35.5. The van der Waals surface area contributed by atoms with Crippen molar-refractivity contribution in [1.29, 1.82) is 0 Å². The summed E-state index contributed by atoms with van der Waals surface area (Å²) in [6, 6.07) is 2.77. The van der Waals surface area contributed by atoms with Crippen molar-refractivity contribution in [2.45, 2.75) is 4.90 Å². The van der Waals surface area contributed by atoms with E-state index in [1.54, 1.807) is 0 Å². The third kappa shape index (κ3) is 3.65. The summed E-state index contributed by atoms with van der Waals surface area (Å²) < 4.78 is 25.7. The number of carbonyl (C=O) groups is 1. The van der Waals surface area contributed by atoms with Crippen molar-refractivity contribution < 1.29 is 13.2 Å². The van der Waals surface area contributed by atoms with Gasteiger partial charge in [-0.2, -0.15) is 0 Å². The maximum atomic E-state index is 11.8. The fraction of sp³-hybridized carbons (Fsp3) is 0.333. The lowest BCUT2D eigenvalue weighted by Gasteiger charge is -2.11. The van der Waals surface area contributed by atoms with Gasteiger partial charge in [-0.25, -0.2) is 18.1 Å². The largest absolute Gasteiger partial charge is 0.348 e. The highest BCUT2D eigenvalue weighted by Gasteiger charge is 2.19. The summed E-state index contributed by atoms with van der Waals surface area (Å²) in [6.07, 6.45) is 1.38. The van der Waals surface area contributed by atoms with Crippen LogP contribution in [-0.2, 0) is 14.8 Å². The van der Waals surface area contributed by atoms with E-state index in [4.69, 9.17) is 11.6 Å². The van der Waals surface area contributed by atoms with Gasteiger partial charge in [0.25, 0.3) is 0 Å². The van der Waals surface area contributed by atoms with Crippen LogP contribution in [0.1, 0.15) is 0 Å². The third-order valence-electron chi connectivity index (χ3n) is 1.93. The molecule has 1 amide bonds. The van der Waals surface area contributed by atoms with E-state index in [0.29, 0.717) is 0 Å². The number of sulfonamides is 1. The molecule has 0 aliphatic rings. The van der Waals surface area contributed by atoms with Crippen LogP contribution < -0.4 is 4.72 Å². The molecule has 94 valence electrons. The molecule has 0 atom stereocenters. The first-order chi connectivity index (χ1) is 7.84. The lowest BCUT2D eigenvalue weighted by Crippen LogP contribution is -2.36. The van der Waals surface area contributed by atoms with E-state index in [1.807, 2.05) is 0 Å². The number of nitrogens with zero attached hydrogens (tertiary/aromatic N) is 2. The molecule has 0 bridgehead atoms. The summed E-state index contributed by atoms with van der Waals surface area (Å²) in [5.41, 5.74) is 0. The first kappa shape index (κ1) is 13.9. The van der Waals surface area contributed by atoms with Gasteiger partial charge in [0.15, 0.2) is 0 Å². The SMILES string of the molecule is CN(C)C(=O)CNS(=O)(=O)c1cccnc1Cl. The Balaban J connectivity index is 2.84. The van der Waals surface area contributed by atoms with Gasteiger partial charge in [-0.15, -0.1) is 0 Å². The number of hydrogen-bond donors (Lipinski definition) is 1. The number of nitrogens with one attached hydrogen (secondary N) is 1. The van der Waals surface area contributed by atoms with Crippen LogP contribution in [0.25, 0.3) is 0 Å². The van der Waals surface area contributed by atoms with Gasteiger partial charge in [0.05, 0.1) is 6.54 Å². The zero-order valence-electron chi connectivity index (χ0n) is 9.34.